The molecule has 30 heavy (non-hydrogen) atoms. The monoisotopic (exact) mass is 413 g/mol. The van der Waals surface area contributed by atoms with E-state index in [0.717, 1.165) is 12.8 Å². The van der Waals surface area contributed by atoms with Gasteiger partial charge in [0, 0.05) is 37.7 Å². The maximum atomic E-state index is 12.7. The predicted molar refractivity (Wildman–Crippen MR) is 113 cm³/mol. The Bertz CT molecular complexity index is 841. The molecule has 0 aromatic heterocycles. The number of piperidine rings is 1. The zero-order chi connectivity index (χ0) is 21.8. The van der Waals surface area contributed by atoms with Crippen molar-refractivity contribution >= 4 is 23.6 Å². The summed E-state index contributed by atoms with van der Waals surface area (Å²) in [7, 11) is 0. The number of rotatable bonds is 7. The number of hydrogen-bond acceptors (Lipinski definition) is 4. The molecular formula is C23H31N3O4. The highest BCUT2D eigenvalue weighted by Crippen LogP contribution is 2.25. The second kappa shape index (κ2) is 9.41. The van der Waals surface area contributed by atoms with Gasteiger partial charge in [-0.3, -0.25) is 24.1 Å². The Hall–Kier alpha value is -2.70. The Morgan fingerprint density at radius 3 is 2.40 bits per heavy atom. The molecule has 1 saturated heterocycles. The molecule has 0 atom stereocenters. The zero-order valence-electron chi connectivity index (χ0n) is 18.1. The van der Waals surface area contributed by atoms with Crippen molar-refractivity contribution in [3.05, 3.63) is 34.9 Å². The second-order valence-electron chi connectivity index (χ2n) is 8.61. The van der Waals surface area contributed by atoms with Crippen molar-refractivity contribution in [2.75, 3.05) is 19.6 Å². The maximum absolute atomic E-state index is 12.7. The number of fused-ring (bicyclic) bond motifs is 1. The van der Waals surface area contributed by atoms with Crippen LogP contribution in [0.4, 0.5) is 0 Å². The highest BCUT2D eigenvalue weighted by Gasteiger charge is 2.36. The summed E-state index contributed by atoms with van der Waals surface area (Å²) >= 11 is 0. The Morgan fingerprint density at radius 2 is 1.77 bits per heavy atom. The van der Waals surface area contributed by atoms with Crippen molar-refractivity contribution in [3.63, 3.8) is 0 Å². The molecule has 0 saturated carbocycles. The van der Waals surface area contributed by atoms with Crippen LogP contribution in [-0.4, -0.2) is 59.1 Å². The molecule has 1 aromatic carbocycles. The van der Waals surface area contributed by atoms with Crippen LogP contribution in [0.25, 0.3) is 0 Å². The van der Waals surface area contributed by atoms with Crippen LogP contribution in [0.3, 0.4) is 0 Å². The highest BCUT2D eigenvalue weighted by molar-refractivity contribution is 6.22. The van der Waals surface area contributed by atoms with Gasteiger partial charge in [0.2, 0.25) is 5.91 Å². The minimum absolute atomic E-state index is 0.00393. The topological polar surface area (TPSA) is 86.8 Å². The molecule has 0 unspecified atom stereocenters. The lowest BCUT2D eigenvalue weighted by Crippen LogP contribution is -2.46. The average molecular weight is 414 g/mol. The number of nitrogens with one attached hydrogen (secondary N) is 1. The summed E-state index contributed by atoms with van der Waals surface area (Å²) in [6.07, 6.45) is 3.93. The van der Waals surface area contributed by atoms with Crippen LogP contribution in [0, 0.1) is 5.92 Å². The normalized spacial score (nSPS) is 16.9. The summed E-state index contributed by atoms with van der Waals surface area (Å²) in [6.45, 7) is 7.63. The van der Waals surface area contributed by atoms with Crippen LogP contribution >= 0.6 is 0 Å². The van der Waals surface area contributed by atoms with Crippen molar-refractivity contribution < 1.29 is 19.2 Å². The van der Waals surface area contributed by atoms with E-state index in [4.69, 9.17) is 0 Å². The predicted octanol–water partition coefficient (Wildman–Crippen LogP) is 2.85. The highest BCUT2D eigenvalue weighted by atomic mass is 16.2. The lowest BCUT2D eigenvalue weighted by Gasteiger charge is -2.32. The van der Waals surface area contributed by atoms with Crippen molar-refractivity contribution in [1.82, 2.24) is 15.1 Å². The summed E-state index contributed by atoms with van der Waals surface area (Å²) in [5.41, 5.74) is 1.03. The van der Waals surface area contributed by atoms with Gasteiger partial charge in [0.1, 0.15) is 0 Å². The third-order valence-electron chi connectivity index (χ3n) is 5.71. The minimum atomic E-state index is -0.336. The lowest BCUT2D eigenvalue weighted by atomic mass is 10.0. The molecular weight excluding hydrogens is 382 g/mol. The third-order valence-corrected chi connectivity index (χ3v) is 5.71. The molecule has 3 rings (SSSR count). The summed E-state index contributed by atoms with van der Waals surface area (Å²) in [5, 5.41) is 3.01. The summed E-state index contributed by atoms with van der Waals surface area (Å²) in [4.78, 5) is 53.1. The summed E-state index contributed by atoms with van der Waals surface area (Å²) in [5.74, 6) is -0.520. The van der Waals surface area contributed by atoms with Crippen molar-refractivity contribution in [1.29, 1.82) is 0 Å². The fraction of sp³-hybridized carbons (Fsp3) is 0.565. The molecule has 4 amide bonds. The molecule has 2 aliphatic heterocycles. The van der Waals surface area contributed by atoms with E-state index in [9.17, 15) is 19.2 Å². The van der Waals surface area contributed by atoms with E-state index in [-0.39, 0.29) is 35.6 Å². The molecule has 0 radical (unpaired) electrons. The van der Waals surface area contributed by atoms with Crippen LogP contribution in [0.2, 0.25) is 0 Å². The van der Waals surface area contributed by atoms with Gasteiger partial charge < -0.3 is 10.2 Å². The van der Waals surface area contributed by atoms with Crippen molar-refractivity contribution in [3.8, 4) is 0 Å². The Balaban J connectivity index is 1.59. The van der Waals surface area contributed by atoms with E-state index in [0.29, 0.717) is 55.6 Å². The third kappa shape index (κ3) is 4.71. The average Bonchev–Trinajstić information content (AvgIpc) is 2.96. The van der Waals surface area contributed by atoms with Crippen molar-refractivity contribution in [2.45, 2.75) is 58.9 Å². The van der Waals surface area contributed by atoms with E-state index in [1.165, 1.54) is 11.0 Å². The second-order valence-corrected chi connectivity index (χ2v) is 8.61. The molecule has 7 nitrogen and oxygen atoms in total. The molecule has 1 fully saturated rings. The van der Waals surface area contributed by atoms with Gasteiger partial charge in [0.15, 0.2) is 0 Å². The van der Waals surface area contributed by atoms with Gasteiger partial charge in [-0.2, -0.15) is 0 Å². The smallest absolute Gasteiger partial charge is 0.261 e. The van der Waals surface area contributed by atoms with Crippen LogP contribution in [-0.2, 0) is 4.79 Å². The number of carbonyl (C=O) groups is 4. The largest absolute Gasteiger partial charge is 0.349 e. The number of likely N-dealkylation sites (tertiary alicyclic amines) is 1. The van der Waals surface area contributed by atoms with E-state index in [1.807, 2.05) is 18.7 Å². The number of carbonyl (C=O) groups excluding carboxylic acids is 4. The van der Waals surface area contributed by atoms with Gasteiger partial charge in [-0.15, -0.1) is 0 Å². The quantitative estimate of drug-likeness (QED) is 0.697. The molecule has 2 heterocycles. The number of hydrogen-bond donors (Lipinski definition) is 1. The number of amides is 4. The fourth-order valence-corrected chi connectivity index (χ4v) is 3.99. The first kappa shape index (κ1) is 22.0. The van der Waals surface area contributed by atoms with Crippen LogP contribution in [0.15, 0.2) is 18.2 Å². The van der Waals surface area contributed by atoms with Crippen molar-refractivity contribution in [2.24, 2.45) is 5.92 Å². The van der Waals surface area contributed by atoms with Gasteiger partial charge in [-0.25, -0.2) is 0 Å². The summed E-state index contributed by atoms with van der Waals surface area (Å²) < 4.78 is 0. The Kier molecular flexibility index (Phi) is 6.90. The molecule has 7 heteroatoms. The first-order valence-corrected chi connectivity index (χ1v) is 10.9. The van der Waals surface area contributed by atoms with Gasteiger partial charge in [-0.1, -0.05) is 27.2 Å². The number of unbranched alkanes of at least 4 members (excludes halogenated alkanes) is 1. The molecule has 162 valence electrons. The summed E-state index contributed by atoms with van der Waals surface area (Å²) in [6, 6.07) is 4.69. The van der Waals surface area contributed by atoms with E-state index in [2.05, 4.69) is 12.2 Å². The number of imide groups is 1. The van der Waals surface area contributed by atoms with Crippen LogP contribution in [0.5, 0.6) is 0 Å². The van der Waals surface area contributed by atoms with Gasteiger partial charge in [0.05, 0.1) is 11.1 Å². The molecule has 0 spiro atoms. The SMILES string of the molecule is CCCCC(=O)N1CCC(NC(=O)c2ccc3c(c2)C(=O)N(CC(C)C)C3=O)CC1. The fourth-order valence-electron chi connectivity index (χ4n) is 3.99. The van der Waals surface area contributed by atoms with E-state index in [1.54, 1.807) is 12.1 Å². The molecule has 0 aliphatic carbocycles. The Labute approximate surface area is 177 Å². The Morgan fingerprint density at radius 1 is 1.10 bits per heavy atom. The standard InChI is InChI=1S/C23H31N3O4/c1-4-5-6-20(27)25-11-9-17(10-12-25)24-21(28)16-7-8-18-19(13-16)23(30)26(22(18)29)14-15(2)3/h7-8,13,15,17H,4-6,9-12,14H2,1-3H3,(H,24,28). The molecule has 0 bridgehead atoms. The van der Waals surface area contributed by atoms with E-state index < -0.39 is 0 Å². The van der Waals surface area contributed by atoms with Gasteiger partial charge in [0.25, 0.3) is 17.7 Å². The number of nitrogens with zero attached hydrogens (tertiary/aromatic N) is 2. The molecule has 1 aromatic rings. The lowest BCUT2D eigenvalue weighted by molar-refractivity contribution is -0.132. The maximum Gasteiger partial charge on any atom is 0.261 e. The first-order chi connectivity index (χ1) is 14.3. The van der Waals surface area contributed by atoms with E-state index >= 15 is 0 Å². The van der Waals surface area contributed by atoms with Gasteiger partial charge in [-0.05, 0) is 43.4 Å². The van der Waals surface area contributed by atoms with Crippen LogP contribution in [0.1, 0.15) is 83.9 Å². The zero-order valence-corrected chi connectivity index (χ0v) is 18.1. The van der Waals surface area contributed by atoms with Crippen LogP contribution < -0.4 is 5.32 Å². The van der Waals surface area contributed by atoms with Gasteiger partial charge >= 0.3 is 0 Å². The number of benzene rings is 1. The molecule has 2 aliphatic rings. The minimum Gasteiger partial charge on any atom is -0.349 e. The first-order valence-electron chi connectivity index (χ1n) is 10.9. The molecule has 1 N–H and O–H groups in total.